The molecule has 5 heteroatoms. The molecule has 62 valence electrons. The van der Waals surface area contributed by atoms with E-state index in [1.165, 1.54) is 11.3 Å². The molecule has 0 aliphatic heterocycles. The van der Waals surface area contributed by atoms with E-state index in [1.807, 2.05) is 12.1 Å². The Morgan fingerprint density at radius 1 is 1.50 bits per heavy atom. The first-order valence-electron chi connectivity index (χ1n) is 3.18. The molecular formula is C7H4BrClN2S. The normalized spacial score (nSPS) is 10.8. The Balaban J connectivity index is 2.88. The van der Waals surface area contributed by atoms with Gasteiger partial charge in [-0.25, -0.2) is 4.98 Å². The fourth-order valence-electron chi connectivity index (χ4n) is 0.974. The lowest BCUT2D eigenvalue weighted by Crippen LogP contribution is -1.79. The number of thiazole rings is 1. The van der Waals surface area contributed by atoms with Crippen molar-refractivity contribution < 1.29 is 0 Å². The Morgan fingerprint density at radius 2 is 2.25 bits per heavy atom. The molecule has 1 aromatic heterocycles. The van der Waals surface area contributed by atoms with Gasteiger partial charge in [0, 0.05) is 4.47 Å². The molecular weight excluding hydrogens is 260 g/mol. The maximum absolute atomic E-state index is 5.93. The molecule has 0 atom stereocenters. The summed E-state index contributed by atoms with van der Waals surface area (Å²) in [6.45, 7) is 0. The van der Waals surface area contributed by atoms with Gasteiger partial charge in [0.25, 0.3) is 0 Å². The van der Waals surface area contributed by atoms with Crippen molar-refractivity contribution in [2.75, 3.05) is 5.73 Å². The first-order chi connectivity index (χ1) is 5.66. The van der Waals surface area contributed by atoms with Gasteiger partial charge in [0.15, 0.2) is 5.13 Å². The van der Waals surface area contributed by atoms with E-state index < -0.39 is 0 Å². The highest BCUT2D eigenvalue weighted by Crippen LogP contribution is 2.32. The molecule has 2 nitrogen and oxygen atoms in total. The van der Waals surface area contributed by atoms with Crippen LogP contribution < -0.4 is 5.73 Å². The van der Waals surface area contributed by atoms with Crippen LogP contribution in [0.25, 0.3) is 10.2 Å². The summed E-state index contributed by atoms with van der Waals surface area (Å²) in [5.41, 5.74) is 6.32. The van der Waals surface area contributed by atoms with Crippen molar-refractivity contribution >= 4 is 54.2 Å². The quantitative estimate of drug-likeness (QED) is 0.792. The van der Waals surface area contributed by atoms with Gasteiger partial charge in [-0.05, 0) is 12.1 Å². The molecule has 0 amide bonds. The summed E-state index contributed by atoms with van der Waals surface area (Å²) < 4.78 is 1.95. The second-order valence-electron chi connectivity index (χ2n) is 2.29. The lowest BCUT2D eigenvalue weighted by atomic mass is 10.3. The number of fused-ring (bicyclic) bond motifs is 1. The van der Waals surface area contributed by atoms with E-state index in [-0.39, 0.29) is 0 Å². The molecule has 2 rings (SSSR count). The maximum Gasteiger partial charge on any atom is 0.181 e. The molecule has 1 heterocycles. The van der Waals surface area contributed by atoms with E-state index in [4.69, 9.17) is 17.3 Å². The van der Waals surface area contributed by atoms with Gasteiger partial charge < -0.3 is 5.73 Å². The maximum atomic E-state index is 5.93. The lowest BCUT2D eigenvalue weighted by Gasteiger charge is -1.92. The van der Waals surface area contributed by atoms with Crippen LogP contribution in [0.5, 0.6) is 0 Å². The number of hydrogen-bond acceptors (Lipinski definition) is 3. The molecule has 0 saturated heterocycles. The van der Waals surface area contributed by atoms with Gasteiger partial charge in [-0.2, -0.15) is 0 Å². The van der Waals surface area contributed by atoms with E-state index >= 15 is 0 Å². The molecule has 0 bridgehead atoms. The largest absolute Gasteiger partial charge is 0.375 e. The molecule has 0 aliphatic rings. The molecule has 0 spiro atoms. The van der Waals surface area contributed by atoms with Crippen LogP contribution in [0.4, 0.5) is 5.13 Å². The minimum absolute atomic E-state index is 0.546. The van der Waals surface area contributed by atoms with Crippen LogP contribution in [0.2, 0.25) is 5.02 Å². The summed E-state index contributed by atoms with van der Waals surface area (Å²) >= 11 is 10.7. The van der Waals surface area contributed by atoms with Crippen molar-refractivity contribution in [3.8, 4) is 0 Å². The van der Waals surface area contributed by atoms with E-state index in [9.17, 15) is 0 Å². The van der Waals surface area contributed by atoms with Crippen LogP contribution >= 0.6 is 38.9 Å². The van der Waals surface area contributed by atoms with Gasteiger partial charge in [-0.15, -0.1) is 0 Å². The van der Waals surface area contributed by atoms with Crippen molar-refractivity contribution in [3.63, 3.8) is 0 Å². The van der Waals surface area contributed by atoms with Crippen molar-refractivity contribution in [2.24, 2.45) is 0 Å². The third kappa shape index (κ3) is 1.30. The van der Waals surface area contributed by atoms with Crippen LogP contribution in [0.1, 0.15) is 0 Å². The van der Waals surface area contributed by atoms with Crippen molar-refractivity contribution in [3.05, 3.63) is 21.6 Å². The Bertz CT molecular complexity index is 440. The van der Waals surface area contributed by atoms with Gasteiger partial charge >= 0.3 is 0 Å². The molecule has 0 aliphatic carbocycles. The second kappa shape index (κ2) is 2.87. The van der Waals surface area contributed by atoms with Gasteiger partial charge in [0.05, 0.1) is 9.72 Å². The highest BCUT2D eigenvalue weighted by molar-refractivity contribution is 9.10. The van der Waals surface area contributed by atoms with Gasteiger partial charge in [0.1, 0.15) is 5.52 Å². The van der Waals surface area contributed by atoms with Crippen molar-refractivity contribution in [2.45, 2.75) is 0 Å². The highest BCUT2D eigenvalue weighted by Gasteiger charge is 2.05. The molecule has 12 heavy (non-hydrogen) atoms. The Hall–Kier alpha value is -0.320. The number of halogens is 2. The van der Waals surface area contributed by atoms with E-state index in [0.29, 0.717) is 10.2 Å². The molecule has 0 radical (unpaired) electrons. The topological polar surface area (TPSA) is 38.9 Å². The number of nitrogen functional groups attached to an aromatic ring is 1. The highest BCUT2D eigenvalue weighted by atomic mass is 79.9. The number of rotatable bonds is 0. The van der Waals surface area contributed by atoms with Crippen LogP contribution in [-0.4, -0.2) is 4.98 Å². The SMILES string of the molecule is Nc1nc2c(Cl)cc(Br)cc2s1. The number of nitrogens with two attached hydrogens (primary N) is 1. The zero-order chi connectivity index (χ0) is 8.72. The number of anilines is 1. The van der Waals surface area contributed by atoms with Crippen LogP contribution in [0.15, 0.2) is 16.6 Å². The molecule has 2 aromatic rings. The number of aromatic nitrogens is 1. The predicted octanol–water partition coefficient (Wildman–Crippen LogP) is 3.29. The van der Waals surface area contributed by atoms with Gasteiger partial charge in [-0.3, -0.25) is 0 Å². The zero-order valence-corrected chi connectivity index (χ0v) is 9.00. The summed E-state index contributed by atoms with van der Waals surface area (Å²) in [4.78, 5) is 4.10. The van der Waals surface area contributed by atoms with Crippen molar-refractivity contribution in [1.82, 2.24) is 4.98 Å². The van der Waals surface area contributed by atoms with Gasteiger partial charge in [0.2, 0.25) is 0 Å². The monoisotopic (exact) mass is 262 g/mol. The Labute approximate surface area is 86.5 Å². The first-order valence-corrected chi connectivity index (χ1v) is 5.16. The minimum atomic E-state index is 0.546. The number of hydrogen-bond donors (Lipinski definition) is 1. The van der Waals surface area contributed by atoms with Crippen LogP contribution in [0, 0.1) is 0 Å². The number of nitrogens with zero attached hydrogens (tertiary/aromatic N) is 1. The smallest absolute Gasteiger partial charge is 0.181 e. The summed E-state index contributed by atoms with van der Waals surface area (Å²) in [7, 11) is 0. The van der Waals surface area contributed by atoms with Crippen LogP contribution in [0.3, 0.4) is 0 Å². The second-order valence-corrected chi connectivity index (χ2v) is 4.67. The van der Waals surface area contributed by atoms with E-state index in [2.05, 4.69) is 20.9 Å². The summed E-state index contributed by atoms with van der Waals surface area (Å²) in [5.74, 6) is 0. The van der Waals surface area contributed by atoms with E-state index in [1.54, 1.807) is 0 Å². The number of benzene rings is 1. The Morgan fingerprint density at radius 3 is 3.00 bits per heavy atom. The lowest BCUT2D eigenvalue weighted by molar-refractivity contribution is 1.49. The fraction of sp³-hybridized carbons (Fsp3) is 0. The standard InChI is InChI=1S/C7H4BrClN2S/c8-3-1-4(9)6-5(2-3)12-7(10)11-6/h1-2H,(H2,10,11). The summed E-state index contributed by atoms with van der Waals surface area (Å²) in [6, 6.07) is 3.76. The van der Waals surface area contributed by atoms with Gasteiger partial charge in [-0.1, -0.05) is 38.9 Å². The van der Waals surface area contributed by atoms with Crippen molar-refractivity contribution in [1.29, 1.82) is 0 Å². The average Bonchev–Trinajstić information content (AvgIpc) is 2.29. The van der Waals surface area contributed by atoms with E-state index in [0.717, 1.165) is 14.7 Å². The molecule has 0 unspecified atom stereocenters. The first kappa shape index (κ1) is 8.29. The Kier molecular flexibility index (Phi) is 1.98. The molecule has 1 aromatic carbocycles. The molecule has 0 fully saturated rings. The summed E-state index contributed by atoms with van der Waals surface area (Å²) in [5, 5.41) is 1.18. The third-order valence-corrected chi connectivity index (χ3v) is 3.01. The fourth-order valence-corrected chi connectivity index (χ4v) is 2.83. The van der Waals surface area contributed by atoms with Crippen LogP contribution in [-0.2, 0) is 0 Å². The zero-order valence-electron chi connectivity index (χ0n) is 5.84. The average molecular weight is 264 g/mol. The molecule has 0 saturated carbocycles. The third-order valence-electron chi connectivity index (χ3n) is 1.43. The minimum Gasteiger partial charge on any atom is -0.375 e. The predicted molar refractivity (Wildman–Crippen MR) is 56.7 cm³/mol. The summed E-state index contributed by atoms with van der Waals surface area (Å²) in [6.07, 6.45) is 0. The molecule has 2 N–H and O–H groups in total.